The molecule has 1 unspecified atom stereocenters. The number of aliphatic hydroxyl groups is 1. The predicted molar refractivity (Wildman–Crippen MR) is 107 cm³/mol. The Morgan fingerprint density at radius 2 is 1.61 bits per heavy atom. The molecule has 0 spiro atoms. The minimum Gasteiger partial charge on any atom is -0.387 e. The maximum absolute atomic E-state index is 12.9. The van der Waals surface area contributed by atoms with Gasteiger partial charge in [-0.05, 0) is 54.8 Å². The Bertz CT molecular complexity index is 743. The number of benzene rings is 2. The average molecular weight is 385 g/mol. The van der Waals surface area contributed by atoms with Crippen LogP contribution < -0.4 is 10.6 Å². The molecule has 1 aliphatic rings. The fraction of sp³-hybridized carbons (Fsp3) is 0.409. The van der Waals surface area contributed by atoms with E-state index in [9.17, 15) is 14.3 Å². The van der Waals surface area contributed by atoms with Crippen LogP contribution in [0.3, 0.4) is 0 Å². The number of urea groups is 1. The van der Waals surface area contributed by atoms with Gasteiger partial charge >= 0.3 is 6.03 Å². The SMILES string of the molecule is O=C(NCc1ccc(CN2CCCCC2)cc1)NCC(O)c1ccc(F)cc1. The van der Waals surface area contributed by atoms with Gasteiger partial charge in [0.15, 0.2) is 0 Å². The van der Waals surface area contributed by atoms with E-state index >= 15 is 0 Å². The molecule has 2 amide bonds. The van der Waals surface area contributed by atoms with Gasteiger partial charge in [-0.25, -0.2) is 9.18 Å². The highest BCUT2D eigenvalue weighted by Crippen LogP contribution is 2.14. The van der Waals surface area contributed by atoms with Crippen LogP contribution in [0.25, 0.3) is 0 Å². The first kappa shape index (κ1) is 20.3. The molecule has 0 bridgehead atoms. The van der Waals surface area contributed by atoms with Crippen LogP contribution >= 0.6 is 0 Å². The maximum atomic E-state index is 12.9. The first-order valence-corrected chi connectivity index (χ1v) is 9.85. The normalized spacial score (nSPS) is 15.8. The molecule has 6 heteroatoms. The molecule has 1 saturated heterocycles. The predicted octanol–water partition coefficient (Wildman–Crippen LogP) is 3.34. The van der Waals surface area contributed by atoms with E-state index in [0.717, 1.165) is 12.1 Å². The minimum absolute atomic E-state index is 0.0617. The van der Waals surface area contributed by atoms with E-state index in [1.165, 1.54) is 62.2 Å². The van der Waals surface area contributed by atoms with Crippen molar-refractivity contribution in [1.29, 1.82) is 0 Å². The lowest BCUT2D eigenvalue weighted by atomic mass is 10.1. The summed E-state index contributed by atoms with van der Waals surface area (Å²) in [6, 6.07) is 13.5. The number of rotatable bonds is 7. The molecule has 0 aliphatic carbocycles. The highest BCUT2D eigenvalue weighted by Gasteiger charge is 2.11. The minimum atomic E-state index is -0.875. The lowest BCUT2D eigenvalue weighted by Gasteiger charge is -2.26. The second kappa shape index (κ2) is 10.2. The summed E-state index contributed by atoms with van der Waals surface area (Å²) in [7, 11) is 0. The zero-order chi connectivity index (χ0) is 19.8. The Morgan fingerprint density at radius 1 is 0.964 bits per heavy atom. The standard InChI is InChI=1S/C22H28FN3O2/c23-20-10-8-19(9-11-20)21(27)15-25-22(28)24-14-17-4-6-18(7-5-17)16-26-12-2-1-3-13-26/h4-11,21,27H,1-3,12-16H2,(H2,24,25,28). The summed E-state index contributed by atoms with van der Waals surface area (Å²) in [5, 5.41) is 15.5. The molecule has 5 nitrogen and oxygen atoms in total. The Morgan fingerprint density at radius 3 is 2.29 bits per heavy atom. The molecule has 2 aromatic carbocycles. The molecule has 1 aliphatic heterocycles. The van der Waals surface area contributed by atoms with Gasteiger partial charge in [0, 0.05) is 19.6 Å². The molecule has 0 aromatic heterocycles. The molecule has 150 valence electrons. The van der Waals surface area contributed by atoms with Crippen molar-refractivity contribution in [2.75, 3.05) is 19.6 Å². The molecule has 0 radical (unpaired) electrons. The van der Waals surface area contributed by atoms with E-state index < -0.39 is 6.10 Å². The fourth-order valence-corrected chi connectivity index (χ4v) is 3.38. The molecule has 1 fully saturated rings. The van der Waals surface area contributed by atoms with Crippen molar-refractivity contribution in [1.82, 2.24) is 15.5 Å². The molecular formula is C22H28FN3O2. The van der Waals surface area contributed by atoms with Crippen molar-refractivity contribution < 1.29 is 14.3 Å². The number of halogens is 1. The number of piperidine rings is 1. The summed E-state index contributed by atoms with van der Waals surface area (Å²) in [5.74, 6) is -0.358. The first-order chi connectivity index (χ1) is 13.6. The van der Waals surface area contributed by atoms with E-state index in [4.69, 9.17) is 0 Å². The smallest absolute Gasteiger partial charge is 0.315 e. The summed E-state index contributed by atoms with van der Waals surface area (Å²) in [5.41, 5.74) is 2.88. The van der Waals surface area contributed by atoms with Gasteiger partial charge < -0.3 is 15.7 Å². The topological polar surface area (TPSA) is 64.6 Å². The van der Waals surface area contributed by atoms with Gasteiger partial charge in [-0.1, -0.05) is 42.8 Å². The van der Waals surface area contributed by atoms with Gasteiger partial charge in [0.05, 0.1) is 6.10 Å². The highest BCUT2D eigenvalue weighted by molar-refractivity contribution is 5.73. The van der Waals surface area contributed by atoms with E-state index in [-0.39, 0.29) is 18.4 Å². The largest absolute Gasteiger partial charge is 0.387 e. The van der Waals surface area contributed by atoms with Gasteiger partial charge in [-0.2, -0.15) is 0 Å². The molecule has 28 heavy (non-hydrogen) atoms. The van der Waals surface area contributed by atoms with Gasteiger partial charge in [-0.15, -0.1) is 0 Å². The summed E-state index contributed by atoms with van der Waals surface area (Å²) >= 11 is 0. The molecular weight excluding hydrogens is 357 g/mol. The zero-order valence-corrected chi connectivity index (χ0v) is 16.0. The van der Waals surface area contributed by atoms with Gasteiger partial charge in [0.1, 0.15) is 5.82 Å². The second-order valence-electron chi connectivity index (χ2n) is 7.28. The van der Waals surface area contributed by atoms with Crippen LogP contribution in [-0.4, -0.2) is 35.7 Å². The number of hydrogen-bond donors (Lipinski definition) is 3. The van der Waals surface area contributed by atoms with Gasteiger partial charge in [0.2, 0.25) is 0 Å². The van der Waals surface area contributed by atoms with Crippen molar-refractivity contribution in [3.63, 3.8) is 0 Å². The summed E-state index contributed by atoms with van der Waals surface area (Å²) < 4.78 is 12.9. The molecule has 3 N–H and O–H groups in total. The Labute approximate surface area is 165 Å². The van der Waals surface area contributed by atoms with E-state index in [2.05, 4.69) is 27.7 Å². The van der Waals surface area contributed by atoms with Crippen LogP contribution in [0.15, 0.2) is 48.5 Å². The van der Waals surface area contributed by atoms with Crippen LogP contribution in [0.4, 0.5) is 9.18 Å². The molecule has 2 aromatic rings. The lowest BCUT2D eigenvalue weighted by Crippen LogP contribution is -2.37. The molecule has 1 atom stereocenters. The Hall–Kier alpha value is -2.44. The third-order valence-corrected chi connectivity index (χ3v) is 5.04. The molecule has 0 saturated carbocycles. The number of nitrogens with zero attached hydrogens (tertiary/aromatic N) is 1. The van der Waals surface area contributed by atoms with Crippen molar-refractivity contribution in [3.05, 3.63) is 71.0 Å². The number of hydrogen-bond acceptors (Lipinski definition) is 3. The average Bonchev–Trinajstić information content (AvgIpc) is 2.73. The summed E-state index contributed by atoms with van der Waals surface area (Å²) in [6.07, 6.45) is 3.03. The lowest BCUT2D eigenvalue weighted by molar-refractivity contribution is 0.173. The van der Waals surface area contributed by atoms with Crippen LogP contribution in [0, 0.1) is 5.82 Å². The van der Waals surface area contributed by atoms with E-state index in [1.807, 2.05) is 12.1 Å². The Balaban J connectivity index is 1.38. The van der Waals surface area contributed by atoms with Crippen LogP contribution in [0.2, 0.25) is 0 Å². The first-order valence-electron chi connectivity index (χ1n) is 9.85. The number of likely N-dealkylation sites (tertiary alicyclic amines) is 1. The van der Waals surface area contributed by atoms with Crippen molar-refractivity contribution in [2.24, 2.45) is 0 Å². The van der Waals surface area contributed by atoms with E-state index in [0.29, 0.717) is 12.1 Å². The van der Waals surface area contributed by atoms with Crippen LogP contribution in [0.5, 0.6) is 0 Å². The zero-order valence-electron chi connectivity index (χ0n) is 16.0. The maximum Gasteiger partial charge on any atom is 0.315 e. The highest BCUT2D eigenvalue weighted by atomic mass is 19.1. The number of aliphatic hydroxyl groups excluding tert-OH is 1. The third kappa shape index (κ3) is 6.32. The van der Waals surface area contributed by atoms with Crippen LogP contribution in [0.1, 0.15) is 42.1 Å². The molecule has 3 rings (SSSR count). The van der Waals surface area contributed by atoms with Crippen molar-refractivity contribution in [2.45, 2.75) is 38.5 Å². The molecule has 1 heterocycles. The van der Waals surface area contributed by atoms with Gasteiger partial charge in [-0.3, -0.25) is 4.90 Å². The fourth-order valence-electron chi connectivity index (χ4n) is 3.38. The quantitative estimate of drug-likeness (QED) is 0.685. The monoisotopic (exact) mass is 385 g/mol. The van der Waals surface area contributed by atoms with Crippen molar-refractivity contribution in [3.8, 4) is 0 Å². The third-order valence-electron chi connectivity index (χ3n) is 5.04. The van der Waals surface area contributed by atoms with Gasteiger partial charge in [0.25, 0.3) is 0 Å². The van der Waals surface area contributed by atoms with E-state index in [1.54, 1.807) is 0 Å². The van der Waals surface area contributed by atoms with Crippen LogP contribution in [-0.2, 0) is 13.1 Å². The number of nitrogens with one attached hydrogen (secondary N) is 2. The Kier molecular flexibility index (Phi) is 7.39. The summed E-state index contributed by atoms with van der Waals surface area (Å²) in [6.45, 7) is 3.81. The van der Waals surface area contributed by atoms with Crippen molar-refractivity contribution >= 4 is 6.03 Å². The number of carbonyl (C=O) groups is 1. The second-order valence-corrected chi connectivity index (χ2v) is 7.28. The summed E-state index contributed by atoms with van der Waals surface area (Å²) in [4.78, 5) is 14.4. The number of carbonyl (C=O) groups excluding carboxylic acids is 1. The number of amides is 2.